The highest BCUT2D eigenvalue weighted by Gasteiger charge is 2.26. The first-order valence-electron chi connectivity index (χ1n) is 5.97. The van der Waals surface area contributed by atoms with Crippen molar-refractivity contribution in [2.45, 2.75) is 13.8 Å². The molecule has 0 aromatic heterocycles. The van der Waals surface area contributed by atoms with E-state index in [4.69, 9.17) is 23.2 Å². The molecule has 0 atom stereocenters. The lowest BCUT2D eigenvalue weighted by molar-refractivity contribution is 0.771. The van der Waals surface area contributed by atoms with E-state index in [2.05, 4.69) is 23.7 Å². The van der Waals surface area contributed by atoms with Gasteiger partial charge in [0.2, 0.25) is 0 Å². The van der Waals surface area contributed by atoms with E-state index in [1.54, 1.807) is 6.07 Å². The maximum Gasteiger partial charge on any atom is 0.137 e. The van der Waals surface area contributed by atoms with Crippen molar-refractivity contribution in [2.75, 3.05) is 0 Å². The Morgan fingerprint density at radius 2 is 1.95 bits per heavy atom. The number of halogens is 2. The van der Waals surface area contributed by atoms with Crippen molar-refractivity contribution in [1.29, 1.82) is 0 Å². The first-order chi connectivity index (χ1) is 9.08. The van der Waals surface area contributed by atoms with Gasteiger partial charge >= 0.3 is 0 Å². The molecule has 1 aromatic carbocycles. The average Bonchev–Trinajstić information content (AvgIpc) is 2.35. The van der Waals surface area contributed by atoms with Crippen LogP contribution in [0.3, 0.4) is 0 Å². The molecule has 0 N–H and O–H groups in total. The van der Waals surface area contributed by atoms with Crippen molar-refractivity contribution >= 4 is 40.4 Å². The van der Waals surface area contributed by atoms with Gasteiger partial charge in [-0.1, -0.05) is 34.9 Å². The van der Waals surface area contributed by atoms with E-state index in [-0.39, 0.29) is 0 Å². The number of hydrogen-bond donors (Lipinski definition) is 0. The molecule has 0 aliphatic carbocycles. The van der Waals surface area contributed by atoms with Gasteiger partial charge in [0, 0.05) is 16.8 Å². The van der Waals surface area contributed by atoms with Crippen LogP contribution in [0, 0.1) is 0 Å². The molecule has 0 radical (unpaired) electrons. The Hall–Kier alpha value is -1.51. The summed E-state index contributed by atoms with van der Waals surface area (Å²) in [5.41, 5.74) is 4.01. The first kappa shape index (κ1) is 12.5. The number of hydrogen-bond acceptors (Lipinski definition) is 2. The Bertz CT molecular complexity index is 678. The van der Waals surface area contributed by atoms with Crippen molar-refractivity contribution in [3.63, 3.8) is 0 Å². The van der Waals surface area contributed by atoms with E-state index in [9.17, 15) is 0 Å². The molecule has 2 nitrogen and oxygen atoms in total. The number of benzene rings is 1. The molecule has 2 aliphatic rings. The number of fused-ring (bicyclic) bond motifs is 2. The Balaban J connectivity index is 2.35. The second-order valence-corrected chi connectivity index (χ2v) is 5.51. The monoisotopic (exact) mass is 290 g/mol. The number of allylic oxidation sites excluding steroid dienone is 3. The molecule has 2 aliphatic heterocycles. The minimum atomic E-state index is 0.602. The third-order valence-corrected chi connectivity index (χ3v) is 3.58. The van der Waals surface area contributed by atoms with Crippen LogP contribution in [0.15, 0.2) is 47.1 Å². The summed E-state index contributed by atoms with van der Waals surface area (Å²) in [6.45, 7) is 4.14. The summed E-state index contributed by atoms with van der Waals surface area (Å²) < 4.78 is 0. The molecule has 3 rings (SSSR count). The quantitative estimate of drug-likeness (QED) is 0.643. The molecule has 1 aromatic rings. The molecule has 0 unspecified atom stereocenters. The number of amidine groups is 1. The summed E-state index contributed by atoms with van der Waals surface area (Å²) in [7, 11) is 0. The lowest BCUT2D eigenvalue weighted by Gasteiger charge is -2.32. The summed E-state index contributed by atoms with van der Waals surface area (Å²) >= 11 is 12.4. The Morgan fingerprint density at radius 1 is 1.16 bits per heavy atom. The smallest absolute Gasteiger partial charge is 0.137 e. The fourth-order valence-corrected chi connectivity index (χ4v) is 2.90. The van der Waals surface area contributed by atoms with E-state index in [0.717, 1.165) is 22.8 Å². The molecule has 0 fully saturated rings. The van der Waals surface area contributed by atoms with E-state index in [0.29, 0.717) is 10.0 Å². The predicted octanol–water partition coefficient (Wildman–Crippen LogP) is 5.17. The zero-order valence-corrected chi connectivity index (χ0v) is 12.1. The number of aliphatic imine (C=N–C) groups is 1. The molecule has 0 saturated heterocycles. The SMILES string of the molecule is CC(C)=C1c2c(Cl)cc(Cl)cc2N=C2C=CC=CN21. The highest BCUT2D eigenvalue weighted by atomic mass is 35.5. The summed E-state index contributed by atoms with van der Waals surface area (Å²) in [6.07, 6.45) is 7.92. The van der Waals surface area contributed by atoms with Gasteiger partial charge in [-0.05, 0) is 38.1 Å². The van der Waals surface area contributed by atoms with Gasteiger partial charge in [0.1, 0.15) is 5.84 Å². The van der Waals surface area contributed by atoms with E-state index < -0.39 is 0 Å². The van der Waals surface area contributed by atoms with Gasteiger partial charge in [0.15, 0.2) is 0 Å². The van der Waals surface area contributed by atoms with Crippen LogP contribution in [0.2, 0.25) is 10.0 Å². The standard InChI is InChI=1S/C15H12Cl2N2/c1-9(2)15-14-11(17)7-10(16)8-12(14)18-13-5-3-4-6-19(13)15/h3-8H,1-2H3. The fourth-order valence-electron chi connectivity index (χ4n) is 2.33. The Morgan fingerprint density at radius 3 is 2.68 bits per heavy atom. The lowest BCUT2D eigenvalue weighted by Crippen LogP contribution is -2.27. The first-order valence-corrected chi connectivity index (χ1v) is 6.73. The number of nitrogens with zero attached hydrogens (tertiary/aromatic N) is 2. The predicted molar refractivity (Wildman–Crippen MR) is 81.9 cm³/mol. The van der Waals surface area contributed by atoms with Crippen LogP contribution >= 0.6 is 23.2 Å². The van der Waals surface area contributed by atoms with Crippen LogP contribution in [0.1, 0.15) is 19.4 Å². The van der Waals surface area contributed by atoms with Gasteiger partial charge in [-0.25, -0.2) is 4.99 Å². The van der Waals surface area contributed by atoms with Gasteiger partial charge in [0.25, 0.3) is 0 Å². The van der Waals surface area contributed by atoms with Crippen molar-refractivity contribution in [1.82, 2.24) is 4.90 Å². The molecule has 0 spiro atoms. The average molecular weight is 291 g/mol. The molecule has 0 bridgehead atoms. The summed E-state index contributed by atoms with van der Waals surface area (Å²) in [5.74, 6) is 0.879. The van der Waals surface area contributed by atoms with Crippen LogP contribution in [0.25, 0.3) is 5.70 Å². The zero-order valence-electron chi connectivity index (χ0n) is 10.6. The van der Waals surface area contributed by atoms with Gasteiger partial charge in [-0.15, -0.1) is 0 Å². The molecule has 19 heavy (non-hydrogen) atoms. The van der Waals surface area contributed by atoms with E-state index >= 15 is 0 Å². The highest BCUT2D eigenvalue weighted by molar-refractivity contribution is 6.36. The summed E-state index contributed by atoms with van der Waals surface area (Å²) in [4.78, 5) is 6.68. The van der Waals surface area contributed by atoms with Crippen LogP contribution < -0.4 is 0 Å². The van der Waals surface area contributed by atoms with Gasteiger partial charge in [-0.3, -0.25) is 0 Å². The maximum absolute atomic E-state index is 6.36. The third kappa shape index (κ3) is 2.01. The van der Waals surface area contributed by atoms with Crippen LogP contribution in [0.5, 0.6) is 0 Å². The highest BCUT2D eigenvalue weighted by Crippen LogP contribution is 2.43. The van der Waals surface area contributed by atoms with Crippen LogP contribution in [-0.4, -0.2) is 10.7 Å². The molecule has 2 heterocycles. The van der Waals surface area contributed by atoms with Crippen molar-refractivity contribution in [3.05, 3.63) is 57.7 Å². The molecular formula is C15H12Cl2N2. The van der Waals surface area contributed by atoms with Gasteiger partial charge < -0.3 is 4.90 Å². The lowest BCUT2D eigenvalue weighted by atomic mass is 10.0. The normalized spacial score (nSPS) is 16.1. The topological polar surface area (TPSA) is 15.6 Å². The van der Waals surface area contributed by atoms with Crippen LogP contribution in [0.4, 0.5) is 5.69 Å². The molecule has 96 valence electrons. The maximum atomic E-state index is 6.36. The summed E-state index contributed by atoms with van der Waals surface area (Å²) in [6, 6.07) is 3.61. The Labute approximate surface area is 122 Å². The summed E-state index contributed by atoms with van der Waals surface area (Å²) in [5, 5.41) is 1.23. The second-order valence-electron chi connectivity index (χ2n) is 4.67. The fraction of sp³-hybridized carbons (Fsp3) is 0.133. The van der Waals surface area contributed by atoms with E-state index in [1.165, 1.54) is 5.57 Å². The molecule has 0 amide bonds. The minimum Gasteiger partial charge on any atom is -0.301 e. The third-order valence-electron chi connectivity index (χ3n) is 3.06. The second kappa shape index (κ2) is 4.55. The van der Waals surface area contributed by atoms with Crippen molar-refractivity contribution in [3.8, 4) is 0 Å². The minimum absolute atomic E-state index is 0.602. The van der Waals surface area contributed by atoms with Crippen molar-refractivity contribution < 1.29 is 0 Å². The molecular weight excluding hydrogens is 279 g/mol. The van der Waals surface area contributed by atoms with Gasteiger partial charge in [0.05, 0.1) is 16.4 Å². The van der Waals surface area contributed by atoms with Gasteiger partial charge in [-0.2, -0.15) is 0 Å². The van der Waals surface area contributed by atoms with Crippen molar-refractivity contribution in [2.24, 2.45) is 4.99 Å². The molecule has 0 saturated carbocycles. The Kier molecular flexibility index (Phi) is 3.00. The van der Waals surface area contributed by atoms with E-state index in [1.807, 2.05) is 30.5 Å². The number of rotatable bonds is 0. The largest absolute Gasteiger partial charge is 0.301 e. The molecule has 4 heteroatoms. The van der Waals surface area contributed by atoms with Crippen LogP contribution in [-0.2, 0) is 0 Å². The zero-order chi connectivity index (χ0) is 13.6.